The minimum atomic E-state index is -0.0332. The average molecular weight is 354 g/mol. The first-order valence-electron chi connectivity index (χ1n) is 6.26. The number of ketones is 1. The maximum atomic E-state index is 12.6. The van der Waals surface area contributed by atoms with Gasteiger partial charge in [0.1, 0.15) is 5.75 Å². The Morgan fingerprint density at radius 1 is 1.20 bits per heavy atom. The van der Waals surface area contributed by atoms with E-state index in [-0.39, 0.29) is 5.78 Å². The number of rotatable bonds is 4. The molecule has 0 saturated carbocycles. The zero-order chi connectivity index (χ0) is 14.7. The molecule has 0 amide bonds. The predicted molar refractivity (Wildman–Crippen MR) is 84.9 cm³/mol. The van der Waals surface area contributed by atoms with Crippen molar-refractivity contribution in [3.8, 4) is 5.75 Å². The molecule has 0 heterocycles. The van der Waals surface area contributed by atoms with Gasteiger partial charge in [-0.25, -0.2) is 0 Å². The van der Waals surface area contributed by atoms with Crippen molar-refractivity contribution in [2.45, 2.75) is 13.8 Å². The van der Waals surface area contributed by atoms with Gasteiger partial charge in [-0.1, -0.05) is 11.6 Å². The van der Waals surface area contributed by atoms with Gasteiger partial charge in [0, 0.05) is 20.6 Å². The van der Waals surface area contributed by atoms with E-state index in [0.29, 0.717) is 22.8 Å². The van der Waals surface area contributed by atoms with Crippen LogP contribution in [0.3, 0.4) is 0 Å². The van der Waals surface area contributed by atoms with Gasteiger partial charge in [0.05, 0.1) is 6.61 Å². The molecule has 0 aliphatic carbocycles. The molecule has 2 rings (SSSR count). The Labute approximate surface area is 131 Å². The third kappa shape index (κ3) is 3.22. The number of aryl methyl sites for hydroxylation is 1. The molecule has 0 spiro atoms. The van der Waals surface area contributed by atoms with E-state index >= 15 is 0 Å². The second kappa shape index (κ2) is 6.42. The Bertz CT molecular complexity index is 653. The third-order valence-electron chi connectivity index (χ3n) is 2.93. The highest BCUT2D eigenvalue weighted by Gasteiger charge is 2.15. The van der Waals surface area contributed by atoms with E-state index in [9.17, 15) is 4.79 Å². The van der Waals surface area contributed by atoms with Crippen molar-refractivity contribution in [2.24, 2.45) is 0 Å². The van der Waals surface area contributed by atoms with E-state index in [0.717, 1.165) is 15.8 Å². The molecule has 0 bridgehead atoms. The Hall–Kier alpha value is -1.32. The molecule has 2 nitrogen and oxygen atoms in total. The van der Waals surface area contributed by atoms with Crippen molar-refractivity contribution >= 4 is 33.3 Å². The van der Waals surface area contributed by atoms with Gasteiger partial charge in [0.2, 0.25) is 0 Å². The third-order valence-corrected chi connectivity index (χ3v) is 3.82. The summed E-state index contributed by atoms with van der Waals surface area (Å²) in [5.41, 5.74) is 2.13. The fourth-order valence-corrected chi connectivity index (χ4v) is 2.73. The summed E-state index contributed by atoms with van der Waals surface area (Å²) in [5, 5.41) is 0.629. The van der Waals surface area contributed by atoms with Gasteiger partial charge >= 0.3 is 0 Å². The Balaban J connectivity index is 2.38. The monoisotopic (exact) mass is 352 g/mol. The number of ether oxygens (including phenoxy) is 1. The van der Waals surface area contributed by atoms with Crippen LogP contribution in [0.25, 0.3) is 0 Å². The van der Waals surface area contributed by atoms with Crippen molar-refractivity contribution in [1.82, 2.24) is 0 Å². The molecule has 0 N–H and O–H groups in total. The van der Waals surface area contributed by atoms with E-state index in [2.05, 4.69) is 15.9 Å². The zero-order valence-corrected chi connectivity index (χ0v) is 13.6. The van der Waals surface area contributed by atoms with E-state index in [1.165, 1.54) is 0 Å². The predicted octanol–water partition coefficient (Wildman–Crippen LogP) is 5.04. The topological polar surface area (TPSA) is 26.3 Å². The van der Waals surface area contributed by atoms with Crippen LogP contribution in [-0.4, -0.2) is 12.4 Å². The summed E-state index contributed by atoms with van der Waals surface area (Å²) in [6.45, 7) is 4.39. The van der Waals surface area contributed by atoms with Gasteiger partial charge in [-0.2, -0.15) is 0 Å². The van der Waals surface area contributed by atoms with Gasteiger partial charge in [0.15, 0.2) is 5.78 Å². The van der Waals surface area contributed by atoms with Crippen molar-refractivity contribution in [1.29, 1.82) is 0 Å². The lowest BCUT2D eigenvalue weighted by atomic mass is 9.99. The molecule has 0 atom stereocenters. The lowest BCUT2D eigenvalue weighted by molar-refractivity contribution is 0.103. The molecular weight excluding hydrogens is 340 g/mol. The smallest absolute Gasteiger partial charge is 0.194 e. The Kier molecular flexibility index (Phi) is 4.84. The summed E-state index contributed by atoms with van der Waals surface area (Å²) in [6, 6.07) is 10.6. The van der Waals surface area contributed by atoms with Gasteiger partial charge < -0.3 is 4.74 Å². The highest BCUT2D eigenvalue weighted by Crippen LogP contribution is 2.27. The Morgan fingerprint density at radius 2 is 1.90 bits per heavy atom. The molecule has 20 heavy (non-hydrogen) atoms. The van der Waals surface area contributed by atoms with Crippen LogP contribution in [-0.2, 0) is 0 Å². The molecule has 0 aliphatic rings. The second-order valence-electron chi connectivity index (χ2n) is 4.36. The van der Waals surface area contributed by atoms with Crippen LogP contribution in [0.1, 0.15) is 28.4 Å². The maximum absolute atomic E-state index is 12.6. The van der Waals surface area contributed by atoms with E-state index in [1.54, 1.807) is 30.3 Å². The summed E-state index contributed by atoms with van der Waals surface area (Å²) < 4.78 is 6.13. The Morgan fingerprint density at radius 3 is 2.50 bits per heavy atom. The highest BCUT2D eigenvalue weighted by atomic mass is 79.9. The minimum Gasteiger partial charge on any atom is -0.494 e. The van der Waals surface area contributed by atoms with Gasteiger partial charge in [-0.15, -0.1) is 0 Å². The van der Waals surface area contributed by atoms with Crippen LogP contribution >= 0.6 is 27.5 Å². The van der Waals surface area contributed by atoms with Crippen LogP contribution in [0.2, 0.25) is 5.02 Å². The first-order chi connectivity index (χ1) is 9.52. The van der Waals surface area contributed by atoms with Crippen LogP contribution in [0.4, 0.5) is 0 Å². The minimum absolute atomic E-state index is 0.0332. The standard InChI is InChI=1S/C16H14BrClO2/c1-3-20-12-5-7-14(15(17)9-12)16(19)13-6-4-11(18)8-10(13)2/h4-9H,3H2,1-2H3. The number of halogens is 2. The average Bonchev–Trinajstić information content (AvgIpc) is 2.38. The van der Waals surface area contributed by atoms with E-state index < -0.39 is 0 Å². The molecule has 0 aromatic heterocycles. The van der Waals surface area contributed by atoms with Gasteiger partial charge in [-0.3, -0.25) is 4.79 Å². The number of carbonyl (C=O) groups is 1. The molecule has 2 aromatic rings. The molecule has 2 aromatic carbocycles. The number of hydrogen-bond acceptors (Lipinski definition) is 2. The van der Waals surface area contributed by atoms with Crippen LogP contribution < -0.4 is 4.74 Å². The molecule has 0 fully saturated rings. The fourth-order valence-electron chi connectivity index (χ4n) is 1.96. The largest absolute Gasteiger partial charge is 0.494 e. The van der Waals surface area contributed by atoms with Gasteiger partial charge in [-0.05, 0) is 71.7 Å². The second-order valence-corrected chi connectivity index (χ2v) is 5.65. The maximum Gasteiger partial charge on any atom is 0.194 e. The van der Waals surface area contributed by atoms with Crippen molar-refractivity contribution in [3.63, 3.8) is 0 Å². The summed E-state index contributed by atoms with van der Waals surface area (Å²) in [5.74, 6) is 0.706. The molecule has 4 heteroatoms. The van der Waals surface area contributed by atoms with Crippen molar-refractivity contribution < 1.29 is 9.53 Å². The molecule has 0 radical (unpaired) electrons. The normalized spacial score (nSPS) is 10.4. The molecule has 0 unspecified atom stereocenters. The molecule has 0 aliphatic heterocycles. The van der Waals surface area contributed by atoms with E-state index in [1.807, 2.05) is 19.9 Å². The van der Waals surface area contributed by atoms with Crippen LogP contribution in [0, 0.1) is 6.92 Å². The molecule has 104 valence electrons. The number of benzene rings is 2. The summed E-state index contributed by atoms with van der Waals surface area (Å²) in [7, 11) is 0. The number of hydrogen-bond donors (Lipinski definition) is 0. The van der Waals surface area contributed by atoms with Crippen LogP contribution in [0.15, 0.2) is 40.9 Å². The van der Waals surface area contributed by atoms with Crippen LogP contribution in [0.5, 0.6) is 5.75 Å². The van der Waals surface area contributed by atoms with Gasteiger partial charge in [0.25, 0.3) is 0 Å². The first-order valence-corrected chi connectivity index (χ1v) is 7.43. The summed E-state index contributed by atoms with van der Waals surface area (Å²) >= 11 is 9.34. The zero-order valence-electron chi connectivity index (χ0n) is 11.2. The lowest BCUT2D eigenvalue weighted by Gasteiger charge is -2.09. The quantitative estimate of drug-likeness (QED) is 0.720. The SMILES string of the molecule is CCOc1ccc(C(=O)c2ccc(Cl)cc2C)c(Br)c1. The van der Waals surface area contributed by atoms with Crippen molar-refractivity contribution in [3.05, 3.63) is 62.6 Å². The van der Waals surface area contributed by atoms with Crippen molar-refractivity contribution in [2.75, 3.05) is 6.61 Å². The first kappa shape index (κ1) is 15.1. The fraction of sp³-hybridized carbons (Fsp3) is 0.188. The summed E-state index contributed by atoms with van der Waals surface area (Å²) in [6.07, 6.45) is 0. The lowest BCUT2D eigenvalue weighted by Crippen LogP contribution is -2.05. The highest BCUT2D eigenvalue weighted by molar-refractivity contribution is 9.10. The molecule has 0 saturated heterocycles. The van der Waals surface area contributed by atoms with E-state index in [4.69, 9.17) is 16.3 Å². The number of carbonyl (C=O) groups excluding carboxylic acids is 1. The molecular formula is C16H14BrClO2. The summed E-state index contributed by atoms with van der Waals surface area (Å²) in [4.78, 5) is 12.6.